The Morgan fingerprint density at radius 3 is 3.11 bits per heavy atom. The van der Waals surface area contributed by atoms with E-state index in [9.17, 15) is 4.79 Å². The molecule has 19 heavy (non-hydrogen) atoms. The quantitative estimate of drug-likeness (QED) is 0.827. The molecule has 0 aromatic heterocycles. The maximum atomic E-state index is 11.9. The second kappa shape index (κ2) is 6.23. The molecule has 0 aliphatic carbocycles. The summed E-state index contributed by atoms with van der Waals surface area (Å²) in [5, 5.41) is 3.24. The van der Waals surface area contributed by atoms with Crippen molar-refractivity contribution in [2.75, 3.05) is 37.3 Å². The average Bonchev–Trinajstić information content (AvgIpc) is 2.33. The minimum Gasteiger partial charge on any atom is -0.399 e. The van der Waals surface area contributed by atoms with Gasteiger partial charge >= 0.3 is 0 Å². The number of nitrogens with two attached hydrogens (primary N) is 1. The van der Waals surface area contributed by atoms with Gasteiger partial charge in [0.05, 0.1) is 30.0 Å². The van der Waals surface area contributed by atoms with Gasteiger partial charge in [0.15, 0.2) is 0 Å². The molecule has 104 valence electrons. The number of nitrogens with zero attached hydrogens (tertiary/aromatic N) is 1. The van der Waals surface area contributed by atoms with Crippen LogP contribution >= 0.6 is 11.6 Å². The molecule has 1 unspecified atom stereocenters. The monoisotopic (exact) mass is 283 g/mol. The van der Waals surface area contributed by atoms with Crippen molar-refractivity contribution in [1.82, 2.24) is 4.90 Å². The lowest BCUT2D eigenvalue weighted by atomic mass is 10.2. The minimum absolute atomic E-state index is 0.0826. The van der Waals surface area contributed by atoms with Crippen LogP contribution in [0.25, 0.3) is 0 Å². The third-order valence-electron chi connectivity index (χ3n) is 2.96. The highest BCUT2D eigenvalue weighted by atomic mass is 35.5. The number of rotatable bonds is 3. The van der Waals surface area contributed by atoms with Crippen LogP contribution in [0.3, 0.4) is 0 Å². The Bertz CT molecular complexity index is 467. The highest BCUT2D eigenvalue weighted by Gasteiger charge is 2.19. The van der Waals surface area contributed by atoms with E-state index in [0.29, 0.717) is 29.5 Å². The van der Waals surface area contributed by atoms with Crippen molar-refractivity contribution in [1.29, 1.82) is 0 Å². The van der Waals surface area contributed by atoms with Crippen LogP contribution in [0.4, 0.5) is 11.4 Å². The van der Waals surface area contributed by atoms with Gasteiger partial charge in [0.25, 0.3) is 0 Å². The van der Waals surface area contributed by atoms with E-state index in [0.717, 1.165) is 13.1 Å². The topological polar surface area (TPSA) is 67.6 Å². The van der Waals surface area contributed by atoms with E-state index in [1.54, 1.807) is 18.2 Å². The zero-order chi connectivity index (χ0) is 13.8. The normalized spacial score (nSPS) is 20.2. The van der Waals surface area contributed by atoms with E-state index >= 15 is 0 Å². The number of carbonyl (C=O) groups excluding carboxylic acids is 1. The number of benzene rings is 1. The van der Waals surface area contributed by atoms with Gasteiger partial charge in [0.1, 0.15) is 0 Å². The molecule has 1 aliphatic heterocycles. The molecule has 3 N–H and O–H groups in total. The van der Waals surface area contributed by atoms with Crippen LogP contribution in [-0.4, -0.2) is 43.2 Å². The fourth-order valence-corrected chi connectivity index (χ4v) is 2.30. The number of hydrogen-bond acceptors (Lipinski definition) is 4. The predicted octanol–water partition coefficient (Wildman–Crippen LogP) is 1.58. The van der Waals surface area contributed by atoms with Crippen LogP contribution in [0.2, 0.25) is 5.02 Å². The lowest BCUT2D eigenvalue weighted by molar-refractivity contribution is -0.119. The van der Waals surface area contributed by atoms with Crippen LogP contribution < -0.4 is 11.1 Å². The van der Waals surface area contributed by atoms with Gasteiger partial charge in [-0.15, -0.1) is 0 Å². The molecular weight excluding hydrogens is 266 g/mol. The number of nitrogen functional groups attached to an aromatic ring is 1. The molecule has 0 saturated carbocycles. The Hall–Kier alpha value is -1.30. The summed E-state index contributed by atoms with van der Waals surface area (Å²) in [6.45, 7) is 4.54. The van der Waals surface area contributed by atoms with Gasteiger partial charge in [-0.25, -0.2) is 0 Å². The third-order valence-corrected chi connectivity index (χ3v) is 3.27. The van der Waals surface area contributed by atoms with Crippen LogP contribution in [0.15, 0.2) is 18.2 Å². The zero-order valence-corrected chi connectivity index (χ0v) is 11.6. The standard InChI is InChI=1S/C13H18ClN3O2/c1-9-7-17(4-5-19-9)8-13(18)16-12-3-2-10(15)6-11(12)14/h2-3,6,9H,4-5,7-8,15H2,1H3,(H,16,18). The molecule has 0 radical (unpaired) electrons. The molecule has 0 spiro atoms. The molecule has 5 nitrogen and oxygen atoms in total. The second-order valence-corrected chi connectivity index (χ2v) is 5.11. The van der Waals surface area contributed by atoms with Gasteiger partial charge in [0.2, 0.25) is 5.91 Å². The van der Waals surface area contributed by atoms with E-state index in [2.05, 4.69) is 10.2 Å². The summed E-state index contributed by atoms with van der Waals surface area (Å²) in [6.07, 6.45) is 0.168. The first kappa shape index (κ1) is 14.1. The molecule has 1 heterocycles. The molecule has 1 amide bonds. The number of amides is 1. The first-order valence-corrected chi connectivity index (χ1v) is 6.61. The maximum absolute atomic E-state index is 11.9. The van der Waals surface area contributed by atoms with Crippen molar-refractivity contribution in [2.45, 2.75) is 13.0 Å². The minimum atomic E-state index is -0.0826. The Kier molecular flexibility index (Phi) is 4.63. The van der Waals surface area contributed by atoms with Crippen LogP contribution in [0, 0.1) is 0 Å². The van der Waals surface area contributed by atoms with E-state index < -0.39 is 0 Å². The van der Waals surface area contributed by atoms with Gasteiger partial charge in [-0.05, 0) is 25.1 Å². The number of carbonyl (C=O) groups is 1. The van der Waals surface area contributed by atoms with E-state index in [4.69, 9.17) is 22.1 Å². The predicted molar refractivity (Wildman–Crippen MR) is 76.3 cm³/mol. The van der Waals surface area contributed by atoms with Crippen molar-refractivity contribution in [2.24, 2.45) is 0 Å². The number of hydrogen-bond donors (Lipinski definition) is 2. The molecule has 1 aromatic carbocycles. The highest BCUT2D eigenvalue weighted by molar-refractivity contribution is 6.34. The fourth-order valence-electron chi connectivity index (χ4n) is 2.06. The van der Waals surface area contributed by atoms with Gasteiger partial charge in [0, 0.05) is 18.8 Å². The van der Waals surface area contributed by atoms with E-state index in [1.165, 1.54) is 0 Å². The number of morpholine rings is 1. The van der Waals surface area contributed by atoms with Crippen LogP contribution in [-0.2, 0) is 9.53 Å². The van der Waals surface area contributed by atoms with Crippen molar-refractivity contribution in [3.63, 3.8) is 0 Å². The number of nitrogens with one attached hydrogen (secondary N) is 1. The zero-order valence-electron chi connectivity index (χ0n) is 10.9. The lowest BCUT2D eigenvalue weighted by Gasteiger charge is -2.30. The first-order valence-electron chi connectivity index (χ1n) is 6.23. The Morgan fingerprint density at radius 2 is 2.42 bits per heavy atom. The Morgan fingerprint density at radius 1 is 1.63 bits per heavy atom. The highest BCUT2D eigenvalue weighted by Crippen LogP contribution is 2.23. The Labute approximate surface area is 117 Å². The summed E-state index contributed by atoms with van der Waals surface area (Å²) in [5.41, 5.74) is 6.76. The smallest absolute Gasteiger partial charge is 0.238 e. The molecular formula is C13H18ClN3O2. The van der Waals surface area contributed by atoms with Crippen LogP contribution in [0.5, 0.6) is 0 Å². The number of anilines is 2. The van der Waals surface area contributed by atoms with Crippen molar-refractivity contribution in [3.05, 3.63) is 23.2 Å². The SMILES string of the molecule is CC1CN(CC(=O)Nc2ccc(N)cc2Cl)CCO1. The summed E-state index contributed by atoms with van der Waals surface area (Å²) in [4.78, 5) is 14.0. The molecule has 6 heteroatoms. The molecule has 1 aliphatic rings. The van der Waals surface area contributed by atoms with Crippen molar-refractivity contribution >= 4 is 28.9 Å². The van der Waals surface area contributed by atoms with E-state index in [-0.39, 0.29) is 12.0 Å². The molecule has 1 aromatic rings. The Balaban J connectivity index is 1.90. The lowest BCUT2D eigenvalue weighted by Crippen LogP contribution is -2.44. The summed E-state index contributed by atoms with van der Waals surface area (Å²) < 4.78 is 5.43. The molecule has 1 atom stereocenters. The van der Waals surface area contributed by atoms with Gasteiger partial charge in [-0.1, -0.05) is 11.6 Å². The van der Waals surface area contributed by atoms with E-state index in [1.807, 2.05) is 6.92 Å². The first-order chi connectivity index (χ1) is 9.04. The van der Waals surface area contributed by atoms with Gasteiger partial charge in [-0.3, -0.25) is 9.69 Å². The second-order valence-electron chi connectivity index (χ2n) is 4.70. The summed E-state index contributed by atoms with van der Waals surface area (Å²) in [7, 11) is 0. The average molecular weight is 284 g/mol. The van der Waals surface area contributed by atoms with Crippen molar-refractivity contribution in [3.8, 4) is 0 Å². The van der Waals surface area contributed by atoms with Gasteiger partial charge < -0.3 is 15.8 Å². The fraction of sp³-hybridized carbons (Fsp3) is 0.462. The largest absolute Gasteiger partial charge is 0.399 e. The number of halogens is 1. The number of ether oxygens (including phenoxy) is 1. The maximum Gasteiger partial charge on any atom is 0.238 e. The summed E-state index contributed by atoms with van der Waals surface area (Å²) >= 11 is 6.01. The van der Waals surface area contributed by atoms with Gasteiger partial charge in [-0.2, -0.15) is 0 Å². The van der Waals surface area contributed by atoms with Crippen molar-refractivity contribution < 1.29 is 9.53 Å². The van der Waals surface area contributed by atoms with Crippen LogP contribution in [0.1, 0.15) is 6.92 Å². The molecule has 1 saturated heterocycles. The molecule has 2 rings (SSSR count). The molecule has 1 fully saturated rings. The molecule has 0 bridgehead atoms. The third kappa shape index (κ3) is 4.09. The summed E-state index contributed by atoms with van der Waals surface area (Å²) in [6, 6.07) is 5.03. The summed E-state index contributed by atoms with van der Waals surface area (Å²) in [5.74, 6) is -0.0826.